The van der Waals surface area contributed by atoms with Gasteiger partial charge in [-0.2, -0.15) is 30.7 Å². The SMILES string of the molecule is CCC(C)(C)C(F)(F)C1(F)OC(F)(F)C(F)C1(F)F. The molecule has 1 heterocycles. The first-order chi connectivity index (χ1) is 8.17. The molecule has 0 spiro atoms. The molecule has 0 bridgehead atoms. The lowest BCUT2D eigenvalue weighted by Gasteiger charge is -2.41. The van der Waals surface area contributed by atoms with Crippen molar-refractivity contribution in [1.29, 1.82) is 0 Å². The van der Waals surface area contributed by atoms with Crippen LogP contribution in [-0.4, -0.2) is 30.0 Å². The summed E-state index contributed by atoms with van der Waals surface area (Å²) in [4.78, 5) is 0. The molecule has 1 nitrogen and oxygen atoms in total. The molecular weight excluding hydrogens is 288 g/mol. The van der Waals surface area contributed by atoms with E-state index in [2.05, 4.69) is 4.74 Å². The first-order valence-corrected chi connectivity index (χ1v) is 5.34. The standard InChI is InChI=1S/C10H12F8O/c1-4-6(2,3)9(16,17)10(18)7(12,13)5(11)8(14,15)19-10/h5H,4H2,1-3H3. The van der Waals surface area contributed by atoms with E-state index in [1.165, 1.54) is 0 Å². The van der Waals surface area contributed by atoms with Gasteiger partial charge in [-0.3, -0.25) is 4.74 Å². The van der Waals surface area contributed by atoms with Crippen molar-refractivity contribution in [2.45, 2.75) is 57.2 Å². The van der Waals surface area contributed by atoms with Crippen LogP contribution in [0.4, 0.5) is 35.1 Å². The molecule has 1 rings (SSSR count). The zero-order chi connectivity index (χ0) is 15.5. The summed E-state index contributed by atoms with van der Waals surface area (Å²) in [7, 11) is 0. The maximum absolute atomic E-state index is 13.9. The third-order valence-corrected chi connectivity index (χ3v) is 3.46. The van der Waals surface area contributed by atoms with E-state index < -0.39 is 41.8 Å². The Hall–Kier alpha value is -0.600. The van der Waals surface area contributed by atoms with Crippen molar-refractivity contribution in [3.05, 3.63) is 0 Å². The highest BCUT2D eigenvalue weighted by molar-refractivity contribution is 5.12. The van der Waals surface area contributed by atoms with Crippen molar-refractivity contribution in [3.63, 3.8) is 0 Å². The number of hydrogen-bond acceptors (Lipinski definition) is 1. The Morgan fingerprint density at radius 1 is 1.05 bits per heavy atom. The van der Waals surface area contributed by atoms with Crippen molar-refractivity contribution < 1.29 is 39.9 Å². The minimum absolute atomic E-state index is 0.520. The summed E-state index contributed by atoms with van der Waals surface area (Å²) in [6, 6.07) is 0. The van der Waals surface area contributed by atoms with Crippen LogP contribution in [0, 0.1) is 5.41 Å². The highest BCUT2D eigenvalue weighted by Gasteiger charge is 2.88. The predicted molar refractivity (Wildman–Crippen MR) is 48.7 cm³/mol. The van der Waals surface area contributed by atoms with Crippen LogP contribution in [0.1, 0.15) is 27.2 Å². The molecule has 9 heteroatoms. The van der Waals surface area contributed by atoms with Gasteiger partial charge in [-0.1, -0.05) is 20.8 Å². The monoisotopic (exact) mass is 300 g/mol. The Morgan fingerprint density at radius 3 is 1.74 bits per heavy atom. The second-order valence-corrected chi connectivity index (χ2v) is 5.06. The molecule has 114 valence electrons. The van der Waals surface area contributed by atoms with Gasteiger partial charge < -0.3 is 0 Å². The molecule has 0 aromatic rings. The fourth-order valence-electron chi connectivity index (χ4n) is 1.61. The van der Waals surface area contributed by atoms with Crippen LogP contribution < -0.4 is 0 Å². The molecule has 19 heavy (non-hydrogen) atoms. The second kappa shape index (κ2) is 3.95. The van der Waals surface area contributed by atoms with E-state index in [1.807, 2.05) is 0 Å². The molecule has 0 aromatic heterocycles. The Labute approximate surface area is 103 Å². The first-order valence-electron chi connectivity index (χ1n) is 5.34. The number of hydrogen-bond donors (Lipinski definition) is 0. The van der Waals surface area contributed by atoms with Gasteiger partial charge in [0.05, 0.1) is 0 Å². The van der Waals surface area contributed by atoms with E-state index in [1.54, 1.807) is 0 Å². The maximum atomic E-state index is 13.9. The zero-order valence-corrected chi connectivity index (χ0v) is 10.2. The van der Waals surface area contributed by atoms with Gasteiger partial charge in [0.25, 0.3) is 6.17 Å². The molecule has 0 radical (unpaired) electrons. The van der Waals surface area contributed by atoms with Crippen LogP contribution in [0.5, 0.6) is 0 Å². The van der Waals surface area contributed by atoms with Crippen molar-refractivity contribution in [2.75, 3.05) is 0 Å². The molecule has 0 saturated carbocycles. The highest BCUT2D eigenvalue weighted by Crippen LogP contribution is 2.62. The van der Waals surface area contributed by atoms with Gasteiger partial charge in [-0.25, -0.2) is 4.39 Å². The van der Waals surface area contributed by atoms with Gasteiger partial charge in [0, 0.05) is 5.41 Å². The molecule has 0 amide bonds. The molecule has 1 aliphatic rings. The molecule has 1 fully saturated rings. The third kappa shape index (κ3) is 1.84. The van der Waals surface area contributed by atoms with Gasteiger partial charge in [-0.15, -0.1) is 0 Å². The lowest BCUT2D eigenvalue weighted by atomic mass is 9.77. The summed E-state index contributed by atoms with van der Waals surface area (Å²) in [5, 5.41) is 0. The third-order valence-electron chi connectivity index (χ3n) is 3.46. The average molecular weight is 300 g/mol. The van der Waals surface area contributed by atoms with Crippen LogP contribution >= 0.6 is 0 Å². The Kier molecular flexibility index (Phi) is 3.42. The second-order valence-electron chi connectivity index (χ2n) is 5.06. The van der Waals surface area contributed by atoms with Crippen LogP contribution in [-0.2, 0) is 4.74 Å². The normalized spacial score (nSPS) is 34.6. The van der Waals surface area contributed by atoms with Crippen LogP contribution in [0.2, 0.25) is 0 Å². The molecule has 0 aliphatic carbocycles. The minimum Gasteiger partial charge on any atom is -0.269 e. The smallest absolute Gasteiger partial charge is 0.269 e. The lowest BCUT2D eigenvalue weighted by Crippen LogP contribution is -2.62. The van der Waals surface area contributed by atoms with E-state index in [-0.39, 0.29) is 0 Å². The molecule has 2 unspecified atom stereocenters. The van der Waals surface area contributed by atoms with Gasteiger partial charge >= 0.3 is 23.8 Å². The van der Waals surface area contributed by atoms with E-state index in [9.17, 15) is 35.1 Å². The number of ether oxygens (including phenoxy) is 1. The van der Waals surface area contributed by atoms with Crippen molar-refractivity contribution in [2.24, 2.45) is 5.41 Å². The first kappa shape index (κ1) is 16.5. The summed E-state index contributed by atoms with van der Waals surface area (Å²) in [6.45, 7) is 2.50. The van der Waals surface area contributed by atoms with Crippen LogP contribution in [0.25, 0.3) is 0 Å². The van der Waals surface area contributed by atoms with Crippen LogP contribution in [0.3, 0.4) is 0 Å². The highest BCUT2D eigenvalue weighted by atomic mass is 19.3. The van der Waals surface area contributed by atoms with Crippen molar-refractivity contribution in [1.82, 2.24) is 0 Å². The van der Waals surface area contributed by atoms with Gasteiger partial charge in [-0.05, 0) is 6.42 Å². The molecule has 1 aliphatic heterocycles. The Morgan fingerprint density at radius 2 is 1.47 bits per heavy atom. The topological polar surface area (TPSA) is 9.23 Å². The molecular formula is C10H12F8O. The summed E-state index contributed by atoms with van der Waals surface area (Å²) >= 11 is 0. The summed E-state index contributed by atoms with van der Waals surface area (Å²) in [6.07, 6.45) is -10.3. The zero-order valence-electron chi connectivity index (χ0n) is 10.2. The molecule has 1 saturated heterocycles. The fraction of sp³-hybridized carbons (Fsp3) is 1.00. The average Bonchev–Trinajstić information content (AvgIpc) is 2.37. The number of halogens is 8. The van der Waals surface area contributed by atoms with E-state index in [0.29, 0.717) is 13.8 Å². The van der Waals surface area contributed by atoms with E-state index in [0.717, 1.165) is 6.92 Å². The summed E-state index contributed by atoms with van der Waals surface area (Å²) in [5.74, 6) is -16.1. The fourth-order valence-corrected chi connectivity index (χ4v) is 1.61. The van der Waals surface area contributed by atoms with Crippen molar-refractivity contribution in [3.8, 4) is 0 Å². The summed E-state index contributed by atoms with van der Waals surface area (Å²) in [5.41, 5.74) is -2.44. The van der Waals surface area contributed by atoms with Gasteiger partial charge in [0.2, 0.25) is 0 Å². The minimum atomic E-state index is -5.67. The Bertz CT molecular complexity index is 367. The predicted octanol–water partition coefficient (Wildman–Crippen LogP) is 4.32. The van der Waals surface area contributed by atoms with E-state index in [4.69, 9.17) is 0 Å². The van der Waals surface area contributed by atoms with Crippen molar-refractivity contribution >= 4 is 0 Å². The van der Waals surface area contributed by atoms with Gasteiger partial charge in [0.1, 0.15) is 0 Å². The molecule has 2 atom stereocenters. The van der Waals surface area contributed by atoms with Gasteiger partial charge in [0.15, 0.2) is 0 Å². The number of rotatable bonds is 3. The number of alkyl halides is 8. The molecule has 0 N–H and O–H groups in total. The lowest BCUT2D eigenvalue weighted by molar-refractivity contribution is -0.394. The largest absolute Gasteiger partial charge is 0.396 e. The molecule has 0 aromatic carbocycles. The Balaban J connectivity index is 3.40. The quantitative estimate of drug-likeness (QED) is 0.705. The maximum Gasteiger partial charge on any atom is 0.396 e. The van der Waals surface area contributed by atoms with E-state index >= 15 is 0 Å². The van der Waals surface area contributed by atoms with Crippen LogP contribution in [0.15, 0.2) is 0 Å². The summed E-state index contributed by atoms with van der Waals surface area (Å²) < 4.78 is 109.